The Balaban J connectivity index is 1.55. The number of fused-ring (bicyclic) bond motifs is 1. The molecule has 3 aliphatic rings. The van der Waals surface area contributed by atoms with Crippen molar-refractivity contribution >= 4 is 34.7 Å². The Morgan fingerprint density at radius 2 is 1.82 bits per heavy atom. The second-order valence-corrected chi connectivity index (χ2v) is 10.3. The van der Waals surface area contributed by atoms with E-state index in [0.29, 0.717) is 31.6 Å². The SMILES string of the molecule is Cc1ccc(NC(=O)N2C(C(=O)N3CCNCC3)C3CCC(=O)C3C2c2sccc2C)cc1. The number of amides is 3. The lowest BCUT2D eigenvalue weighted by atomic mass is 9.88. The van der Waals surface area contributed by atoms with Crippen LogP contribution in [-0.2, 0) is 9.59 Å². The summed E-state index contributed by atoms with van der Waals surface area (Å²) in [4.78, 5) is 45.3. The summed E-state index contributed by atoms with van der Waals surface area (Å²) in [7, 11) is 0. The molecule has 33 heavy (non-hydrogen) atoms. The molecule has 0 bridgehead atoms. The zero-order chi connectivity index (χ0) is 23.1. The van der Waals surface area contributed by atoms with Crippen molar-refractivity contribution in [3.8, 4) is 0 Å². The number of carbonyl (C=O) groups excluding carboxylic acids is 3. The number of nitrogens with zero attached hydrogens (tertiary/aromatic N) is 2. The van der Waals surface area contributed by atoms with Gasteiger partial charge in [-0.15, -0.1) is 11.3 Å². The third kappa shape index (κ3) is 3.95. The number of nitrogens with one attached hydrogen (secondary N) is 2. The van der Waals surface area contributed by atoms with Gasteiger partial charge in [-0.3, -0.25) is 9.59 Å². The van der Waals surface area contributed by atoms with E-state index in [4.69, 9.17) is 0 Å². The summed E-state index contributed by atoms with van der Waals surface area (Å²) in [5.41, 5.74) is 2.85. The summed E-state index contributed by atoms with van der Waals surface area (Å²) in [6.45, 7) is 6.75. The van der Waals surface area contributed by atoms with Crippen molar-refractivity contribution < 1.29 is 14.4 Å². The minimum absolute atomic E-state index is 0.0306. The number of hydrogen-bond acceptors (Lipinski definition) is 5. The number of thiophene rings is 1. The van der Waals surface area contributed by atoms with E-state index in [0.717, 1.165) is 29.1 Å². The summed E-state index contributed by atoms with van der Waals surface area (Å²) >= 11 is 1.57. The minimum atomic E-state index is -0.628. The Hall–Kier alpha value is -2.71. The Morgan fingerprint density at radius 3 is 2.48 bits per heavy atom. The molecule has 4 atom stereocenters. The zero-order valence-electron chi connectivity index (χ0n) is 19.0. The van der Waals surface area contributed by atoms with Crippen molar-refractivity contribution in [2.75, 3.05) is 31.5 Å². The molecule has 2 saturated heterocycles. The van der Waals surface area contributed by atoms with Gasteiger partial charge in [-0.2, -0.15) is 0 Å². The molecule has 174 valence electrons. The van der Waals surface area contributed by atoms with Crippen molar-refractivity contribution in [3.63, 3.8) is 0 Å². The molecule has 1 aliphatic carbocycles. The minimum Gasteiger partial charge on any atom is -0.338 e. The van der Waals surface area contributed by atoms with Crippen LogP contribution in [0.3, 0.4) is 0 Å². The van der Waals surface area contributed by atoms with Gasteiger partial charge in [0.15, 0.2) is 0 Å². The lowest BCUT2D eigenvalue weighted by Crippen LogP contribution is -2.55. The number of benzene rings is 1. The smallest absolute Gasteiger partial charge is 0.323 e. The molecule has 2 aromatic rings. The third-order valence-corrected chi connectivity index (χ3v) is 8.38. The van der Waals surface area contributed by atoms with Crippen LogP contribution in [0.25, 0.3) is 0 Å². The first-order valence-corrected chi connectivity index (χ1v) is 12.6. The summed E-state index contributed by atoms with van der Waals surface area (Å²) in [6, 6.07) is 8.30. The molecule has 1 aromatic heterocycles. The lowest BCUT2D eigenvalue weighted by Gasteiger charge is -2.36. The average molecular weight is 467 g/mol. The van der Waals surface area contributed by atoms with Gasteiger partial charge in [0.05, 0.1) is 6.04 Å². The molecule has 3 amide bonds. The van der Waals surface area contributed by atoms with Gasteiger partial charge in [0.1, 0.15) is 11.8 Å². The molecular formula is C25H30N4O3S. The number of piperazine rings is 1. The van der Waals surface area contributed by atoms with Gasteiger partial charge in [0.25, 0.3) is 0 Å². The van der Waals surface area contributed by atoms with Crippen LogP contribution in [0.2, 0.25) is 0 Å². The van der Waals surface area contributed by atoms with E-state index in [1.165, 1.54) is 0 Å². The largest absolute Gasteiger partial charge is 0.338 e. The molecule has 0 spiro atoms. The molecular weight excluding hydrogens is 436 g/mol. The fraction of sp³-hybridized carbons (Fsp3) is 0.480. The second kappa shape index (κ2) is 8.91. The van der Waals surface area contributed by atoms with Gasteiger partial charge in [-0.05, 0) is 49.4 Å². The molecule has 1 saturated carbocycles. The van der Waals surface area contributed by atoms with E-state index >= 15 is 0 Å². The number of urea groups is 1. The Bertz CT molecular complexity index is 1060. The summed E-state index contributed by atoms with van der Waals surface area (Å²) in [5, 5.41) is 8.30. The van der Waals surface area contributed by atoms with Crippen molar-refractivity contribution in [2.45, 2.75) is 38.8 Å². The van der Waals surface area contributed by atoms with Crippen LogP contribution in [0, 0.1) is 25.7 Å². The maximum atomic E-state index is 13.8. The molecule has 1 aromatic carbocycles. The average Bonchev–Trinajstić information content (AvgIpc) is 3.50. The predicted molar refractivity (Wildman–Crippen MR) is 128 cm³/mol. The lowest BCUT2D eigenvalue weighted by molar-refractivity contribution is -0.137. The van der Waals surface area contributed by atoms with E-state index in [-0.39, 0.29) is 29.6 Å². The van der Waals surface area contributed by atoms with E-state index in [9.17, 15) is 14.4 Å². The van der Waals surface area contributed by atoms with Crippen LogP contribution in [-0.4, -0.2) is 59.7 Å². The number of anilines is 1. The highest BCUT2D eigenvalue weighted by molar-refractivity contribution is 7.10. The van der Waals surface area contributed by atoms with Crippen molar-refractivity contribution in [1.29, 1.82) is 0 Å². The van der Waals surface area contributed by atoms with E-state index in [1.807, 2.05) is 54.5 Å². The standard InChI is InChI=1S/C25H30N4O3S/c1-15-3-5-17(6-4-15)27-25(32)29-21(24(31)28-12-10-26-11-13-28)18-7-8-19(30)20(18)22(29)23-16(2)9-14-33-23/h3-6,9,14,18,20-22,26H,7-8,10-13H2,1-2H3,(H,27,32). The number of carbonyl (C=O) groups is 3. The van der Waals surface area contributed by atoms with Crippen LogP contribution in [0.1, 0.15) is 34.9 Å². The fourth-order valence-corrected chi connectivity index (χ4v) is 6.71. The maximum Gasteiger partial charge on any atom is 0.323 e. The quantitative estimate of drug-likeness (QED) is 0.727. The van der Waals surface area contributed by atoms with Gasteiger partial charge >= 0.3 is 6.03 Å². The van der Waals surface area contributed by atoms with Crippen molar-refractivity contribution in [2.24, 2.45) is 11.8 Å². The van der Waals surface area contributed by atoms with Gasteiger partial charge < -0.3 is 20.4 Å². The van der Waals surface area contributed by atoms with E-state index in [2.05, 4.69) is 10.6 Å². The van der Waals surface area contributed by atoms with Gasteiger partial charge in [0.2, 0.25) is 5.91 Å². The van der Waals surface area contributed by atoms with Crippen LogP contribution >= 0.6 is 11.3 Å². The Morgan fingerprint density at radius 1 is 1.09 bits per heavy atom. The first kappa shape index (κ1) is 22.1. The number of likely N-dealkylation sites (tertiary alicyclic amines) is 1. The molecule has 0 radical (unpaired) electrons. The summed E-state index contributed by atoms with van der Waals surface area (Å²) in [6.07, 6.45) is 1.14. The van der Waals surface area contributed by atoms with Crippen molar-refractivity contribution in [3.05, 3.63) is 51.7 Å². The van der Waals surface area contributed by atoms with Crippen molar-refractivity contribution in [1.82, 2.24) is 15.1 Å². The highest BCUT2D eigenvalue weighted by Gasteiger charge is 2.60. The Labute approximate surface area is 198 Å². The number of hydrogen-bond donors (Lipinski definition) is 2. The fourth-order valence-electron chi connectivity index (χ4n) is 5.64. The molecule has 2 aliphatic heterocycles. The predicted octanol–water partition coefficient (Wildman–Crippen LogP) is 3.35. The number of rotatable bonds is 3. The Kier molecular flexibility index (Phi) is 5.97. The molecule has 2 N–H and O–H groups in total. The van der Waals surface area contributed by atoms with Crippen LogP contribution in [0.4, 0.5) is 10.5 Å². The molecule has 3 heterocycles. The summed E-state index contributed by atoms with van der Waals surface area (Å²) in [5.74, 6) is -0.336. The first-order chi connectivity index (χ1) is 16.0. The van der Waals surface area contributed by atoms with Gasteiger partial charge in [-0.25, -0.2) is 4.79 Å². The van der Waals surface area contributed by atoms with Gasteiger partial charge in [-0.1, -0.05) is 17.7 Å². The topological polar surface area (TPSA) is 81.8 Å². The second-order valence-electron chi connectivity index (χ2n) is 9.33. The zero-order valence-corrected chi connectivity index (χ0v) is 19.9. The summed E-state index contributed by atoms with van der Waals surface area (Å²) < 4.78 is 0. The molecule has 4 unspecified atom stereocenters. The third-order valence-electron chi connectivity index (χ3n) is 7.29. The van der Waals surface area contributed by atoms with Crippen LogP contribution < -0.4 is 10.6 Å². The maximum absolute atomic E-state index is 13.8. The molecule has 5 rings (SSSR count). The normalized spacial score (nSPS) is 27.0. The first-order valence-electron chi connectivity index (χ1n) is 11.7. The van der Waals surface area contributed by atoms with Crippen LogP contribution in [0.15, 0.2) is 35.7 Å². The van der Waals surface area contributed by atoms with E-state index < -0.39 is 12.1 Å². The number of Topliss-reactive ketones (excluding diaryl/α,β-unsaturated/α-hetero) is 1. The van der Waals surface area contributed by atoms with E-state index in [1.54, 1.807) is 16.2 Å². The van der Waals surface area contributed by atoms with Gasteiger partial charge in [0, 0.05) is 55.0 Å². The highest BCUT2D eigenvalue weighted by Crippen LogP contribution is 2.53. The molecule has 7 nitrogen and oxygen atoms in total. The molecule has 8 heteroatoms. The van der Waals surface area contributed by atoms with Crippen LogP contribution in [0.5, 0.6) is 0 Å². The highest BCUT2D eigenvalue weighted by atomic mass is 32.1. The molecule has 3 fully saturated rings. The number of ketones is 1. The monoisotopic (exact) mass is 466 g/mol. The number of aryl methyl sites for hydroxylation is 2.